The summed E-state index contributed by atoms with van der Waals surface area (Å²) >= 11 is 12.1. The van der Waals surface area contributed by atoms with E-state index in [0.29, 0.717) is 16.0 Å². The normalized spacial score (nSPS) is 17.1. The predicted molar refractivity (Wildman–Crippen MR) is 86.0 cm³/mol. The third kappa shape index (κ3) is 4.28. The lowest BCUT2D eigenvalue weighted by Crippen LogP contribution is -2.45. The van der Waals surface area contributed by atoms with E-state index in [9.17, 15) is 0 Å². The summed E-state index contributed by atoms with van der Waals surface area (Å²) < 4.78 is 6.20. The number of benzene rings is 1. The maximum atomic E-state index is 6.20. The fraction of sp³-hybridized carbons (Fsp3) is 0.625. The van der Waals surface area contributed by atoms with Crippen LogP contribution in [-0.4, -0.2) is 18.7 Å². The van der Waals surface area contributed by atoms with E-state index in [4.69, 9.17) is 27.9 Å². The molecule has 1 aliphatic carbocycles. The Labute approximate surface area is 131 Å². The molecular formula is C16H23Cl2NO. The Kier molecular flexibility index (Phi) is 5.59. The molecule has 1 saturated carbocycles. The summed E-state index contributed by atoms with van der Waals surface area (Å²) in [4.78, 5) is 0. The van der Waals surface area contributed by atoms with E-state index in [-0.39, 0.29) is 5.60 Å². The average Bonchev–Trinajstić information content (AvgIpc) is 2.33. The van der Waals surface area contributed by atoms with Crippen molar-refractivity contribution in [3.8, 4) is 5.75 Å². The SMILES string of the molecule is CC(C)CNCCC1(Oc2ccc(Cl)cc2Cl)CCC1. The van der Waals surface area contributed by atoms with E-state index in [2.05, 4.69) is 19.2 Å². The molecule has 2 rings (SSSR count). The summed E-state index contributed by atoms with van der Waals surface area (Å²) in [6.07, 6.45) is 4.47. The lowest BCUT2D eigenvalue weighted by molar-refractivity contribution is -0.0142. The first-order chi connectivity index (χ1) is 9.51. The maximum Gasteiger partial charge on any atom is 0.138 e. The molecule has 0 saturated heterocycles. The number of rotatable bonds is 7. The zero-order valence-electron chi connectivity index (χ0n) is 12.2. The molecule has 1 N–H and O–H groups in total. The van der Waals surface area contributed by atoms with Crippen LogP contribution in [0.15, 0.2) is 18.2 Å². The third-order valence-electron chi connectivity index (χ3n) is 3.80. The predicted octanol–water partition coefficient (Wildman–Crippen LogP) is 4.93. The fourth-order valence-corrected chi connectivity index (χ4v) is 2.92. The van der Waals surface area contributed by atoms with Crippen molar-refractivity contribution in [1.82, 2.24) is 5.32 Å². The molecule has 112 valence electrons. The second kappa shape index (κ2) is 7.02. The highest BCUT2D eigenvalue weighted by molar-refractivity contribution is 6.35. The Morgan fingerprint density at radius 1 is 1.30 bits per heavy atom. The molecule has 2 nitrogen and oxygen atoms in total. The van der Waals surface area contributed by atoms with E-state index in [0.717, 1.165) is 38.1 Å². The van der Waals surface area contributed by atoms with Crippen LogP contribution in [0.1, 0.15) is 39.5 Å². The maximum absolute atomic E-state index is 6.20. The quantitative estimate of drug-likeness (QED) is 0.720. The standard InChI is InChI=1S/C16H23Cl2NO/c1-12(2)11-19-9-8-16(6-3-7-16)20-15-5-4-13(17)10-14(15)18/h4-5,10,12,19H,3,6-9,11H2,1-2H3. The van der Waals surface area contributed by atoms with E-state index in [1.54, 1.807) is 6.07 Å². The number of ether oxygens (including phenoxy) is 1. The second-order valence-electron chi connectivity index (χ2n) is 6.06. The Bertz CT molecular complexity index is 444. The largest absolute Gasteiger partial charge is 0.486 e. The molecule has 1 fully saturated rings. The summed E-state index contributed by atoms with van der Waals surface area (Å²) in [7, 11) is 0. The van der Waals surface area contributed by atoms with Crippen molar-refractivity contribution < 1.29 is 4.74 Å². The molecule has 0 aliphatic heterocycles. The molecular weight excluding hydrogens is 293 g/mol. The van der Waals surface area contributed by atoms with Gasteiger partial charge in [0, 0.05) is 5.02 Å². The van der Waals surface area contributed by atoms with Crippen molar-refractivity contribution in [2.75, 3.05) is 13.1 Å². The second-order valence-corrected chi connectivity index (χ2v) is 6.90. The molecule has 0 spiro atoms. The van der Waals surface area contributed by atoms with Gasteiger partial charge in [0.05, 0.1) is 5.02 Å². The Balaban J connectivity index is 1.90. The van der Waals surface area contributed by atoms with Crippen LogP contribution in [-0.2, 0) is 0 Å². The van der Waals surface area contributed by atoms with Gasteiger partial charge in [0.15, 0.2) is 0 Å². The minimum atomic E-state index is -0.0402. The van der Waals surface area contributed by atoms with E-state index in [1.807, 2.05) is 12.1 Å². The Morgan fingerprint density at radius 3 is 2.60 bits per heavy atom. The number of nitrogens with one attached hydrogen (secondary N) is 1. The Hall–Kier alpha value is -0.440. The first kappa shape index (κ1) is 15.9. The van der Waals surface area contributed by atoms with E-state index < -0.39 is 0 Å². The molecule has 0 heterocycles. The molecule has 1 aromatic rings. The van der Waals surface area contributed by atoms with Crippen LogP contribution in [0.3, 0.4) is 0 Å². The van der Waals surface area contributed by atoms with Crippen LogP contribution in [0.2, 0.25) is 10.0 Å². The van der Waals surface area contributed by atoms with Crippen molar-refractivity contribution in [1.29, 1.82) is 0 Å². The van der Waals surface area contributed by atoms with E-state index >= 15 is 0 Å². The average molecular weight is 316 g/mol. The Morgan fingerprint density at radius 2 is 2.05 bits per heavy atom. The summed E-state index contributed by atoms with van der Waals surface area (Å²) in [6.45, 7) is 6.48. The van der Waals surface area contributed by atoms with Gasteiger partial charge in [0.2, 0.25) is 0 Å². The first-order valence-corrected chi connectivity index (χ1v) is 8.11. The molecule has 0 radical (unpaired) electrons. The molecule has 0 amide bonds. The topological polar surface area (TPSA) is 21.3 Å². The summed E-state index contributed by atoms with van der Waals surface area (Å²) in [5.74, 6) is 1.43. The van der Waals surface area contributed by atoms with Gasteiger partial charge in [-0.25, -0.2) is 0 Å². The van der Waals surface area contributed by atoms with Gasteiger partial charge in [0.1, 0.15) is 11.4 Å². The zero-order chi connectivity index (χ0) is 14.6. The first-order valence-electron chi connectivity index (χ1n) is 7.35. The van der Waals surface area contributed by atoms with Crippen molar-refractivity contribution >= 4 is 23.2 Å². The molecule has 1 aromatic carbocycles. The number of hydrogen-bond acceptors (Lipinski definition) is 2. The van der Waals surface area contributed by atoms with Crippen LogP contribution in [0.5, 0.6) is 5.75 Å². The smallest absolute Gasteiger partial charge is 0.138 e. The van der Waals surface area contributed by atoms with Gasteiger partial charge in [-0.15, -0.1) is 0 Å². The van der Waals surface area contributed by atoms with Crippen molar-refractivity contribution in [2.24, 2.45) is 5.92 Å². The molecule has 0 unspecified atom stereocenters. The van der Waals surface area contributed by atoms with Crippen LogP contribution >= 0.6 is 23.2 Å². The van der Waals surface area contributed by atoms with E-state index in [1.165, 1.54) is 6.42 Å². The lowest BCUT2D eigenvalue weighted by atomic mass is 9.77. The molecule has 0 bridgehead atoms. The summed E-state index contributed by atoms with van der Waals surface area (Å²) in [6, 6.07) is 5.43. The van der Waals surface area contributed by atoms with Gasteiger partial charge in [-0.05, 0) is 62.9 Å². The van der Waals surface area contributed by atoms with Gasteiger partial charge in [-0.2, -0.15) is 0 Å². The van der Waals surface area contributed by atoms with Gasteiger partial charge in [-0.3, -0.25) is 0 Å². The minimum Gasteiger partial charge on any atom is -0.486 e. The highest BCUT2D eigenvalue weighted by atomic mass is 35.5. The molecule has 1 aliphatic rings. The number of halogens is 2. The summed E-state index contributed by atoms with van der Waals surface area (Å²) in [5.41, 5.74) is -0.0402. The lowest BCUT2D eigenvalue weighted by Gasteiger charge is -2.42. The van der Waals surface area contributed by atoms with Crippen LogP contribution in [0.4, 0.5) is 0 Å². The number of hydrogen-bond donors (Lipinski definition) is 1. The van der Waals surface area contributed by atoms with Crippen LogP contribution in [0.25, 0.3) is 0 Å². The van der Waals surface area contributed by atoms with Crippen molar-refractivity contribution in [3.05, 3.63) is 28.2 Å². The fourth-order valence-electron chi connectivity index (χ4n) is 2.47. The monoisotopic (exact) mass is 315 g/mol. The van der Waals surface area contributed by atoms with Gasteiger partial charge in [0.25, 0.3) is 0 Å². The van der Waals surface area contributed by atoms with Crippen LogP contribution < -0.4 is 10.1 Å². The van der Waals surface area contributed by atoms with Gasteiger partial charge >= 0.3 is 0 Å². The zero-order valence-corrected chi connectivity index (χ0v) is 13.7. The molecule has 4 heteroatoms. The molecule has 0 aromatic heterocycles. The third-order valence-corrected chi connectivity index (χ3v) is 4.33. The summed E-state index contributed by atoms with van der Waals surface area (Å²) in [5, 5.41) is 4.72. The molecule has 0 atom stereocenters. The highest BCUT2D eigenvalue weighted by Crippen LogP contribution is 2.41. The van der Waals surface area contributed by atoms with Gasteiger partial charge < -0.3 is 10.1 Å². The highest BCUT2D eigenvalue weighted by Gasteiger charge is 2.39. The van der Waals surface area contributed by atoms with Crippen molar-refractivity contribution in [3.63, 3.8) is 0 Å². The van der Waals surface area contributed by atoms with Crippen LogP contribution in [0, 0.1) is 5.92 Å². The van der Waals surface area contributed by atoms with Gasteiger partial charge in [-0.1, -0.05) is 37.0 Å². The molecule has 20 heavy (non-hydrogen) atoms. The van der Waals surface area contributed by atoms with Crippen molar-refractivity contribution in [2.45, 2.75) is 45.1 Å². The minimum absolute atomic E-state index is 0.0402.